The van der Waals surface area contributed by atoms with E-state index in [1.54, 1.807) is 12.1 Å². The average molecular weight is 327 g/mol. The van der Waals surface area contributed by atoms with Crippen LogP contribution in [0.4, 0.5) is 15.8 Å². The minimum atomic E-state index is -0.979. The Hall–Kier alpha value is -3.62. The first-order chi connectivity index (χ1) is 11.5. The van der Waals surface area contributed by atoms with Gasteiger partial charge < -0.3 is 5.32 Å². The summed E-state index contributed by atoms with van der Waals surface area (Å²) in [7, 11) is 0. The van der Waals surface area contributed by atoms with Crippen molar-refractivity contribution in [2.75, 3.05) is 5.32 Å². The third-order valence-corrected chi connectivity index (χ3v) is 3.15. The summed E-state index contributed by atoms with van der Waals surface area (Å²) in [6.45, 7) is 0. The normalized spacial score (nSPS) is 10.4. The highest BCUT2D eigenvalue weighted by molar-refractivity contribution is 6.02. The molecule has 0 atom stereocenters. The van der Waals surface area contributed by atoms with Gasteiger partial charge in [-0.15, -0.1) is 5.10 Å². The molecule has 1 heterocycles. The van der Waals surface area contributed by atoms with E-state index < -0.39 is 22.3 Å². The van der Waals surface area contributed by atoms with E-state index in [9.17, 15) is 19.3 Å². The SMILES string of the molecule is O=C(Nc1ccc(F)c([N+](=O)[O-])c1)c1cn(-c2ccccc2)nn1. The van der Waals surface area contributed by atoms with Crippen LogP contribution in [-0.4, -0.2) is 25.8 Å². The molecular weight excluding hydrogens is 317 g/mol. The summed E-state index contributed by atoms with van der Waals surface area (Å²) >= 11 is 0. The van der Waals surface area contributed by atoms with Crippen molar-refractivity contribution in [3.8, 4) is 5.69 Å². The summed E-state index contributed by atoms with van der Waals surface area (Å²) in [6.07, 6.45) is 1.42. The van der Waals surface area contributed by atoms with Crippen LogP contribution in [0, 0.1) is 15.9 Å². The lowest BCUT2D eigenvalue weighted by molar-refractivity contribution is -0.387. The van der Waals surface area contributed by atoms with Crippen molar-refractivity contribution < 1.29 is 14.1 Å². The fourth-order valence-corrected chi connectivity index (χ4v) is 2.00. The van der Waals surface area contributed by atoms with Crippen LogP contribution in [0.25, 0.3) is 5.69 Å². The molecule has 0 aliphatic carbocycles. The molecule has 0 saturated heterocycles. The van der Waals surface area contributed by atoms with Gasteiger partial charge in [-0.05, 0) is 24.3 Å². The van der Waals surface area contributed by atoms with Crippen molar-refractivity contribution >= 4 is 17.3 Å². The van der Waals surface area contributed by atoms with Crippen LogP contribution in [0.2, 0.25) is 0 Å². The molecule has 9 heteroatoms. The van der Waals surface area contributed by atoms with Gasteiger partial charge in [-0.1, -0.05) is 23.4 Å². The second kappa shape index (κ2) is 6.24. The molecule has 0 bridgehead atoms. The Balaban J connectivity index is 1.80. The van der Waals surface area contributed by atoms with Crippen LogP contribution in [-0.2, 0) is 0 Å². The molecule has 120 valence electrons. The Morgan fingerprint density at radius 2 is 1.96 bits per heavy atom. The van der Waals surface area contributed by atoms with Gasteiger partial charge in [0.15, 0.2) is 5.69 Å². The molecule has 0 saturated carbocycles. The number of nitro groups is 1. The maximum Gasteiger partial charge on any atom is 0.306 e. The second-order valence-electron chi connectivity index (χ2n) is 4.76. The van der Waals surface area contributed by atoms with Crippen LogP contribution < -0.4 is 5.32 Å². The molecule has 1 amide bonds. The number of aromatic nitrogens is 3. The summed E-state index contributed by atoms with van der Waals surface area (Å²) in [5, 5.41) is 20.7. The van der Waals surface area contributed by atoms with E-state index in [4.69, 9.17) is 0 Å². The molecular formula is C15H10FN5O3. The fraction of sp³-hybridized carbons (Fsp3) is 0. The number of hydrogen-bond donors (Lipinski definition) is 1. The summed E-state index contributed by atoms with van der Waals surface area (Å²) < 4.78 is 14.7. The number of nitrogens with zero attached hydrogens (tertiary/aromatic N) is 4. The Kier molecular flexibility index (Phi) is 3.98. The van der Waals surface area contributed by atoms with Gasteiger partial charge in [0.25, 0.3) is 5.91 Å². The molecule has 0 aliphatic rings. The zero-order valence-electron chi connectivity index (χ0n) is 12.1. The number of benzene rings is 2. The lowest BCUT2D eigenvalue weighted by atomic mass is 10.2. The van der Waals surface area contributed by atoms with Crippen molar-refractivity contribution in [2.24, 2.45) is 0 Å². The molecule has 0 fully saturated rings. The third kappa shape index (κ3) is 3.09. The molecule has 8 nitrogen and oxygen atoms in total. The molecule has 0 radical (unpaired) electrons. The smallest absolute Gasteiger partial charge is 0.306 e. The highest BCUT2D eigenvalue weighted by atomic mass is 19.1. The summed E-state index contributed by atoms with van der Waals surface area (Å²) in [5.41, 5.74) is 0.107. The third-order valence-electron chi connectivity index (χ3n) is 3.15. The summed E-state index contributed by atoms with van der Waals surface area (Å²) in [6, 6.07) is 12.1. The molecule has 1 aromatic heterocycles. The number of nitro benzene ring substituents is 1. The van der Waals surface area contributed by atoms with Gasteiger partial charge in [-0.3, -0.25) is 14.9 Å². The maximum absolute atomic E-state index is 13.3. The van der Waals surface area contributed by atoms with Crippen molar-refractivity contribution in [1.82, 2.24) is 15.0 Å². The van der Waals surface area contributed by atoms with Gasteiger partial charge in [0.2, 0.25) is 5.82 Å². The van der Waals surface area contributed by atoms with Crippen LogP contribution in [0.1, 0.15) is 10.5 Å². The molecule has 24 heavy (non-hydrogen) atoms. The number of rotatable bonds is 4. The zero-order valence-corrected chi connectivity index (χ0v) is 12.1. The lowest BCUT2D eigenvalue weighted by Crippen LogP contribution is -2.12. The van der Waals surface area contributed by atoms with E-state index in [2.05, 4.69) is 15.6 Å². The first-order valence-electron chi connectivity index (χ1n) is 6.77. The van der Waals surface area contributed by atoms with E-state index in [0.717, 1.165) is 17.8 Å². The molecule has 3 aromatic rings. The van der Waals surface area contributed by atoms with Crippen molar-refractivity contribution in [1.29, 1.82) is 0 Å². The number of para-hydroxylation sites is 1. The topological polar surface area (TPSA) is 103 Å². The fourth-order valence-electron chi connectivity index (χ4n) is 2.00. The van der Waals surface area contributed by atoms with Crippen LogP contribution in [0.3, 0.4) is 0 Å². The number of halogens is 1. The minimum absolute atomic E-state index is 0.0193. The number of carbonyl (C=O) groups is 1. The highest BCUT2D eigenvalue weighted by Gasteiger charge is 2.17. The Morgan fingerprint density at radius 3 is 2.67 bits per heavy atom. The van der Waals surface area contributed by atoms with E-state index >= 15 is 0 Å². The minimum Gasteiger partial charge on any atom is -0.320 e. The quantitative estimate of drug-likeness (QED) is 0.586. The second-order valence-corrected chi connectivity index (χ2v) is 4.76. The van der Waals surface area contributed by atoms with Gasteiger partial charge in [-0.2, -0.15) is 4.39 Å². The summed E-state index contributed by atoms with van der Waals surface area (Å²) in [4.78, 5) is 22.0. The first-order valence-corrected chi connectivity index (χ1v) is 6.77. The van der Waals surface area contributed by atoms with Crippen molar-refractivity contribution in [2.45, 2.75) is 0 Å². The number of amides is 1. The number of anilines is 1. The molecule has 0 aliphatic heterocycles. The Morgan fingerprint density at radius 1 is 1.21 bits per heavy atom. The van der Waals surface area contributed by atoms with E-state index in [1.807, 2.05) is 18.2 Å². The molecule has 0 spiro atoms. The predicted molar refractivity (Wildman–Crippen MR) is 82.4 cm³/mol. The van der Waals surface area contributed by atoms with E-state index in [-0.39, 0.29) is 11.4 Å². The standard InChI is InChI=1S/C15H10FN5O3/c16-12-7-6-10(8-14(12)21(23)24)17-15(22)13-9-20(19-18-13)11-4-2-1-3-5-11/h1-9H,(H,17,22). The van der Waals surface area contributed by atoms with Gasteiger partial charge in [0.1, 0.15) is 0 Å². The molecule has 2 aromatic carbocycles. The highest BCUT2D eigenvalue weighted by Crippen LogP contribution is 2.22. The van der Waals surface area contributed by atoms with Crippen LogP contribution in [0.5, 0.6) is 0 Å². The monoisotopic (exact) mass is 327 g/mol. The van der Waals surface area contributed by atoms with Crippen molar-refractivity contribution in [3.05, 3.63) is 76.4 Å². The van der Waals surface area contributed by atoms with Crippen LogP contribution in [0.15, 0.2) is 54.7 Å². The largest absolute Gasteiger partial charge is 0.320 e. The van der Waals surface area contributed by atoms with E-state index in [1.165, 1.54) is 16.9 Å². The number of hydrogen-bond acceptors (Lipinski definition) is 5. The van der Waals surface area contributed by atoms with Gasteiger partial charge in [0, 0.05) is 11.8 Å². The maximum atomic E-state index is 13.3. The Labute approximate surface area is 134 Å². The zero-order chi connectivity index (χ0) is 17.1. The number of nitrogens with one attached hydrogen (secondary N) is 1. The first kappa shape index (κ1) is 15.3. The lowest BCUT2D eigenvalue weighted by Gasteiger charge is -2.03. The van der Waals surface area contributed by atoms with Crippen molar-refractivity contribution in [3.63, 3.8) is 0 Å². The van der Waals surface area contributed by atoms with Crippen LogP contribution >= 0.6 is 0 Å². The van der Waals surface area contributed by atoms with Gasteiger partial charge in [0.05, 0.1) is 16.8 Å². The summed E-state index contributed by atoms with van der Waals surface area (Å²) in [5.74, 6) is -1.59. The molecule has 0 unspecified atom stereocenters. The predicted octanol–water partition coefficient (Wildman–Crippen LogP) is 2.57. The van der Waals surface area contributed by atoms with E-state index in [0.29, 0.717) is 0 Å². The molecule has 3 rings (SSSR count). The van der Waals surface area contributed by atoms with Gasteiger partial charge >= 0.3 is 5.69 Å². The van der Waals surface area contributed by atoms with Gasteiger partial charge in [-0.25, -0.2) is 4.68 Å². The number of carbonyl (C=O) groups excluding carboxylic acids is 1. The Bertz CT molecular complexity index is 910. The molecule has 1 N–H and O–H groups in total. The average Bonchev–Trinajstić information content (AvgIpc) is 3.07.